The molecule has 2 heterocycles. The zero-order chi connectivity index (χ0) is 18.6. The highest BCUT2D eigenvalue weighted by molar-refractivity contribution is 7.12. The fourth-order valence-corrected chi connectivity index (χ4v) is 5.11. The molecule has 140 valence electrons. The third kappa shape index (κ3) is 4.49. The number of aryl methyl sites for hydroxylation is 2. The molecule has 4 rings (SSSR count). The molecule has 0 spiro atoms. The van der Waals surface area contributed by atoms with Crippen molar-refractivity contribution in [3.63, 3.8) is 0 Å². The van der Waals surface area contributed by atoms with Crippen LogP contribution in [0.1, 0.15) is 32.0 Å². The molecule has 3 heteroatoms. The molecule has 3 aromatic rings. The van der Waals surface area contributed by atoms with Gasteiger partial charge in [-0.3, -0.25) is 9.80 Å². The molecule has 2 aromatic carbocycles. The van der Waals surface area contributed by atoms with Crippen molar-refractivity contribution in [1.29, 1.82) is 0 Å². The molecule has 0 unspecified atom stereocenters. The van der Waals surface area contributed by atoms with Crippen LogP contribution in [0.2, 0.25) is 0 Å². The smallest absolute Gasteiger partial charge is 0.0252 e. The maximum absolute atomic E-state index is 2.62. The lowest BCUT2D eigenvalue weighted by Gasteiger charge is -2.32. The maximum atomic E-state index is 2.62. The number of hydrogen-bond acceptors (Lipinski definition) is 3. The second kappa shape index (κ2) is 8.39. The van der Waals surface area contributed by atoms with E-state index in [1.165, 1.54) is 20.9 Å². The Morgan fingerprint density at radius 1 is 0.667 bits per heavy atom. The fourth-order valence-electron chi connectivity index (χ4n) is 4.03. The highest BCUT2D eigenvalue weighted by Crippen LogP contribution is 2.31. The van der Waals surface area contributed by atoms with Gasteiger partial charge in [0.2, 0.25) is 0 Å². The number of hydrogen-bond donors (Lipinski definition) is 0. The Labute approximate surface area is 167 Å². The Morgan fingerprint density at radius 2 is 1.07 bits per heavy atom. The van der Waals surface area contributed by atoms with Gasteiger partial charge in [0.05, 0.1) is 0 Å². The molecular formula is C24H28N2S. The predicted octanol–water partition coefficient (Wildman–Crippen LogP) is 5.38. The van der Waals surface area contributed by atoms with Gasteiger partial charge < -0.3 is 0 Å². The van der Waals surface area contributed by atoms with Gasteiger partial charge in [0.15, 0.2) is 0 Å². The first-order chi connectivity index (χ1) is 13.2. The van der Waals surface area contributed by atoms with Crippen LogP contribution in [-0.2, 0) is 26.2 Å². The van der Waals surface area contributed by atoms with Crippen LogP contribution in [0.15, 0.2) is 60.7 Å². The summed E-state index contributed by atoms with van der Waals surface area (Å²) in [6.45, 7) is 11.0. The van der Waals surface area contributed by atoms with Crippen molar-refractivity contribution in [1.82, 2.24) is 9.80 Å². The molecule has 1 aliphatic heterocycles. The van der Waals surface area contributed by atoms with E-state index in [2.05, 4.69) is 84.3 Å². The van der Waals surface area contributed by atoms with Gasteiger partial charge >= 0.3 is 0 Å². The Hall–Kier alpha value is -1.94. The molecule has 0 radical (unpaired) electrons. The minimum Gasteiger partial charge on any atom is -0.294 e. The third-order valence-corrected chi connectivity index (χ3v) is 6.62. The van der Waals surface area contributed by atoms with Gasteiger partial charge in [0.25, 0.3) is 0 Å². The Bertz CT molecular complexity index is 798. The molecule has 0 saturated heterocycles. The molecule has 1 aliphatic rings. The molecule has 2 nitrogen and oxygen atoms in total. The Kier molecular flexibility index (Phi) is 5.72. The minimum absolute atomic E-state index is 1.02. The lowest BCUT2D eigenvalue weighted by molar-refractivity contribution is 0.170. The SMILES string of the molecule is Cc1sc(C)c2c1CN(Cc1ccccc1)CCN(Cc1ccccc1)C2. The highest BCUT2D eigenvalue weighted by Gasteiger charge is 2.22. The van der Waals surface area contributed by atoms with E-state index < -0.39 is 0 Å². The molecule has 0 N–H and O–H groups in total. The average Bonchev–Trinajstić information content (AvgIpc) is 2.92. The van der Waals surface area contributed by atoms with Crippen LogP contribution < -0.4 is 0 Å². The first-order valence-electron chi connectivity index (χ1n) is 9.79. The van der Waals surface area contributed by atoms with E-state index in [0.29, 0.717) is 0 Å². The standard InChI is InChI=1S/C24H28N2S/c1-19-23-17-25(15-21-9-5-3-6-10-21)13-14-26(18-24(23)20(2)27-19)16-22-11-7-4-8-12-22/h3-12H,13-18H2,1-2H3. The third-order valence-electron chi connectivity index (χ3n) is 5.51. The number of rotatable bonds is 4. The van der Waals surface area contributed by atoms with Crippen molar-refractivity contribution in [3.05, 3.63) is 92.7 Å². The van der Waals surface area contributed by atoms with E-state index in [4.69, 9.17) is 0 Å². The van der Waals surface area contributed by atoms with Crippen molar-refractivity contribution in [2.24, 2.45) is 0 Å². The summed E-state index contributed by atoms with van der Waals surface area (Å²) in [5, 5.41) is 0. The van der Waals surface area contributed by atoms with E-state index in [1.54, 1.807) is 11.1 Å². The summed E-state index contributed by atoms with van der Waals surface area (Å²) in [4.78, 5) is 8.21. The summed E-state index contributed by atoms with van der Waals surface area (Å²) in [5.41, 5.74) is 5.93. The first kappa shape index (κ1) is 18.4. The van der Waals surface area contributed by atoms with Crippen molar-refractivity contribution in [2.75, 3.05) is 13.1 Å². The fraction of sp³-hybridized carbons (Fsp3) is 0.333. The van der Waals surface area contributed by atoms with Crippen LogP contribution in [0, 0.1) is 13.8 Å². The van der Waals surface area contributed by atoms with Gasteiger partial charge in [0.1, 0.15) is 0 Å². The van der Waals surface area contributed by atoms with Gasteiger partial charge in [-0.2, -0.15) is 0 Å². The zero-order valence-electron chi connectivity index (χ0n) is 16.3. The normalized spacial score (nSPS) is 15.9. The van der Waals surface area contributed by atoms with E-state index in [0.717, 1.165) is 39.3 Å². The highest BCUT2D eigenvalue weighted by atomic mass is 32.1. The monoisotopic (exact) mass is 376 g/mol. The molecule has 27 heavy (non-hydrogen) atoms. The maximum Gasteiger partial charge on any atom is 0.0252 e. The van der Waals surface area contributed by atoms with Crippen LogP contribution in [0.25, 0.3) is 0 Å². The van der Waals surface area contributed by atoms with Crippen molar-refractivity contribution >= 4 is 11.3 Å². The second-order valence-corrected chi connectivity index (χ2v) is 8.99. The summed E-state index contributed by atoms with van der Waals surface area (Å²) in [6, 6.07) is 21.8. The van der Waals surface area contributed by atoms with Gasteiger partial charge in [-0.15, -0.1) is 11.3 Å². The van der Waals surface area contributed by atoms with E-state index >= 15 is 0 Å². The molecule has 0 fully saturated rings. The van der Waals surface area contributed by atoms with Crippen molar-refractivity contribution in [2.45, 2.75) is 40.0 Å². The second-order valence-electron chi connectivity index (χ2n) is 7.56. The summed E-state index contributed by atoms with van der Waals surface area (Å²) in [5.74, 6) is 0. The van der Waals surface area contributed by atoms with Gasteiger partial charge in [-0.1, -0.05) is 60.7 Å². The lowest BCUT2D eigenvalue weighted by atomic mass is 10.0. The van der Waals surface area contributed by atoms with Crippen LogP contribution in [0.5, 0.6) is 0 Å². The van der Waals surface area contributed by atoms with Gasteiger partial charge in [-0.25, -0.2) is 0 Å². The van der Waals surface area contributed by atoms with Crippen LogP contribution in [0.4, 0.5) is 0 Å². The molecular weight excluding hydrogens is 348 g/mol. The molecule has 0 amide bonds. The molecule has 0 aliphatic carbocycles. The topological polar surface area (TPSA) is 6.48 Å². The van der Waals surface area contributed by atoms with Crippen molar-refractivity contribution in [3.8, 4) is 0 Å². The molecule has 0 atom stereocenters. The molecule has 1 aromatic heterocycles. The van der Waals surface area contributed by atoms with E-state index in [-0.39, 0.29) is 0 Å². The largest absolute Gasteiger partial charge is 0.294 e. The number of fused-ring (bicyclic) bond motifs is 1. The van der Waals surface area contributed by atoms with Gasteiger partial charge in [0, 0.05) is 49.0 Å². The van der Waals surface area contributed by atoms with Crippen LogP contribution in [0.3, 0.4) is 0 Å². The van der Waals surface area contributed by atoms with E-state index in [9.17, 15) is 0 Å². The Morgan fingerprint density at radius 3 is 1.48 bits per heavy atom. The quantitative estimate of drug-likeness (QED) is 0.603. The number of benzene rings is 2. The van der Waals surface area contributed by atoms with Gasteiger partial charge in [-0.05, 0) is 36.1 Å². The summed E-state index contributed by atoms with van der Waals surface area (Å²) in [6.07, 6.45) is 0. The summed E-state index contributed by atoms with van der Waals surface area (Å²) < 4.78 is 0. The zero-order valence-corrected chi connectivity index (χ0v) is 17.1. The van der Waals surface area contributed by atoms with E-state index in [1.807, 2.05) is 11.3 Å². The predicted molar refractivity (Wildman–Crippen MR) is 115 cm³/mol. The first-order valence-corrected chi connectivity index (χ1v) is 10.6. The average molecular weight is 377 g/mol. The minimum atomic E-state index is 1.02. The number of nitrogens with zero attached hydrogens (tertiary/aromatic N) is 2. The van der Waals surface area contributed by atoms with Crippen molar-refractivity contribution < 1.29 is 0 Å². The summed E-state index contributed by atoms with van der Waals surface area (Å²) >= 11 is 1.97. The Balaban J connectivity index is 1.59. The number of thiophene rings is 1. The lowest BCUT2D eigenvalue weighted by Crippen LogP contribution is -2.37. The van der Waals surface area contributed by atoms with Crippen LogP contribution in [-0.4, -0.2) is 22.9 Å². The summed E-state index contributed by atoms with van der Waals surface area (Å²) in [7, 11) is 0. The van der Waals surface area contributed by atoms with Crippen LogP contribution >= 0.6 is 11.3 Å². The molecule has 0 bridgehead atoms. The molecule has 0 saturated carbocycles.